The van der Waals surface area contributed by atoms with Crippen LogP contribution in [0.15, 0.2) is 35.1 Å². The molecule has 0 aromatic heterocycles. The van der Waals surface area contributed by atoms with Gasteiger partial charge in [-0.05, 0) is 16.6 Å². The fraction of sp³-hybridized carbons (Fsp3) is 0.692. The maximum atomic E-state index is 13.4. The van der Waals surface area contributed by atoms with Gasteiger partial charge in [0.15, 0.2) is 26.1 Å². The van der Waals surface area contributed by atoms with E-state index in [1.54, 1.807) is 7.11 Å². The molecule has 190 valence electrons. The van der Waals surface area contributed by atoms with E-state index in [0.29, 0.717) is 40.8 Å². The molecule has 4 atom stereocenters. The quantitative estimate of drug-likeness (QED) is 0.346. The van der Waals surface area contributed by atoms with E-state index in [2.05, 4.69) is 48.1 Å². The first kappa shape index (κ1) is 27.0. The van der Waals surface area contributed by atoms with Gasteiger partial charge >= 0.3 is 0 Å². The highest BCUT2D eigenvalue weighted by Crippen LogP contribution is 2.45. The first-order valence-corrected chi connectivity index (χ1v) is 14.4. The van der Waals surface area contributed by atoms with Crippen LogP contribution < -0.4 is 0 Å². The van der Waals surface area contributed by atoms with Crippen LogP contribution in [0.5, 0.6) is 0 Å². The van der Waals surface area contributed by atoms with Crippen LogP contribution in [0.4, 0.5) is 0 Å². The van der Waals surface area contributed by atoms with Crippen LogP contribution >= 0.6 is 0 Å². The maximum absolute atomic E-state index is 13.4. The Morgan fingerprint density at radius 1 is 1.06 bits per heavy atom. The number of ketones is 2. The van der Waals surface area contributed by atoms with Crippen molar-refractivity contribution in [3.05, 3.63) is 35.1 Å². The molecule has 0 N–H and O–H groups in total. The van der Waals surface area contributed by atoms with Crippen molar-refractivity contribution in [3.63, 3.8) is 0 Å². The van der Waals surface area contributed by atoms with Gasteiger partial charge in [0.05, 0.1) is 32.0 Å². The fourth-order valence-electron chi connectivity index (χ4n) is 6.32. The Morgan fingerprint density at radius 2 is 1.68 bits per heavy atom. The Balaban J connectivity index is 1.95. The lowest BCUT2D eigenvalue weighted by molar-refractivity contribution is -0.242. The summed E-state index contributed by atoms with van der Waals surface area (Å²) in [5, 5.41) is 0. The van der Waals surface area contributed by atoms with Crippen molar-refractivity contribution in [2.24, 2.45) is 5.92 Å². The van der Waals surface area contributed by atoms with Crippen molar-refractivity contribution in [2.75, 3.05) is 27.4 Å². The van der Waals surface area contributed by atoms with E-state index in [0.717, 1.165) is 0 Å². The molecule has 34 heavy (non-hydrogen) atoms. The molecule has 0 aromatic rings. The standard InChI is InChI=1S/C26H40O7Si/c1-10-17-23(27)19-12-31-25-18(22(19)24(28)26(17)30-9)11-21(29-8)33-20(25)13-32-34(14(2)3,15(4)5)16(6)7/h10,14-16,18,20-21,25H,1,11-13H2,2-9H3/t18-,20-,21+,25+/m1/s1. The number of fused-ring (bicyclic) bond motifs is 2. The summed E-state index contributed by atoms with van der Waals surface area (Å²) < 4.78 is 30.2. The molecular formula is C26H40O7Si. The molecule has 0 unspecified atom stereocenters. The number of carbonyl (C=O) groups excluding carboxylic acids is 2. The molecule has 0 radical (unpaired) electrons. The van der Waals surface area contributed by atoms with Crippen LogP contribution in [0.2, 0.25) is 16.6 Å². The highest BCUT2D eigenvalue weighted by atomic mass is 28.4. The summed E-state index contributed by atoms with van der Waals surface area (Å²) in [6.07, 6.45) is 0.429. The molecule has 0 spiro atoms. The largest absolute Gasteiger partial charge is 0.492 e. The summed E-state index contributed by atoms with van der Waals surface area (Å²) in [6.45, 7) is 17.5. The number of Topliss-reactive ketones (excluding diaryl/α,β-unsaturated/α-hetero) is 2. The zero-order valence-electron chi connectivity index (χ0n) is 21.8. The number of allylic oxidation sites excluding steroid dienone is 3. The second-order valence-corrected chi connectivity index (χ2v) is 15.7. The topological polar surface area (TPSA) is 80.3 Å². The van der Waals surface area contributed by atoms with Crippen LogP contribution in [0.3, 0.4) is 0 Å². The molecule has 0 bridgehead atoms. The Kier molecular flexibility index (Phi) is 8.40. The van der Waals surface area contributed by atoms with Gasteiger partial charge in [-0.25, -0.2) is 0 Å². The average Bonchev–Trinajstić information content (AvgIpc) is 2.79. The molecule has 7 nitrogen and oxygen atoms in total. The van der Waals surface area contributed by atoms with Gasteiger partial charge < -0.3 is 23.4 Å². The summed E-state index contributed by atoms with van der Waals surface area (Å²) in [7, 11) is 0.848. The van der Waals surface area contributed by atoms with Gasteiger partial charge in [-0.15, -0.1) is 0 Å². The summed E-state index contributed by atoms with van der Waals surface area (Å²) in [5.41, 5.74) is 2.31. The molecule has 3 rings (SSSR count). The van der Waals surface area contributed by atoms with Gasteiger partial charge in [0.1, 0.15) is 6.10 Å². The Bertz CT molecular complexity index is 864. The lowest BCUT2D eigenvalue weighted by Gasteiger charge is -2.48. The number of rotatable bonds is 9. The van der Waals surface area contributed by atoms with E-state index in [9.17, 15) is 9.59 Å². The smallest absolute Gasteiger partial charge is 0.225 e. The number of methoxy groups -OCH3 is 2. The SMILES string of the molecule is C=CC1=C(OC)C(=O)C2=C(CO[C@H]3[C@@H]2C[C@@H](OC)O[C@@H]3CO[Si](C(C)C)(C(C)C)C(C)C)C1=O. The van der Waals surface area contributed by atoms with Crippen LogP contribution in [0.1, 0.15) is 48.0 Å². The van der Waals surface area contributed by atoms with Gasteiger partial charge in [-0.2, -0.15) is 0 Å². The van der Waals surface area contributed by atoms with Gasteiger partial charge in [-0.1, -0.05) is 54.2 Å². The van der Waals surface area contributed by atoms with E-state index in [4.69, 9.17) is 23.4 Å². The van der Waals surface area contributed by atoms with Gasteiger partial charge in [-0.3, -0.25) is 9.59 Å². The molecule has 0 amide bonds. The Hall–Kier alpha value is -1.58. The molecular weight excluding hydrogens is 452 g/mol. The van der Waals surface area contributed by atoms with E-state index in [1.165, 1.54) is 13.2 Å². The van der Waals surface area contributed by atoms with Crippen LogP contribution in [-0.4, -0.2) is 65.8 Å². The average molecular weight is 493 g/mol. The molecule has 2 aliphatic heterocycles. The second kappa shape index (κ2) is 10.6. The van der Waals surface area contributed by atoms with Crippen molar-refractivity contribution in [3.8, 4) is 0 Å². The Morgan fingerprint density at radius 3 is 2.18 bits per heavy atom. The van der Waals surface area contributed by atoms with Gasteiger partial charge in [0, 0.05) is 30.6 Å². The van der Waals surface area contributed by atoms with Crippen molar-refractivity contribution in [1.29, 1.82) is 0 Å². The summed E-state index contributed by atoms with van der Waals surface area (Å²) in [5.74, 6) is -0.855. The fourth-order valence-corrected chi connectivity index (χ4v) is 11.8. The molecule has 0 aromatic carbocycles. The lowest BCUT2D eigenvalue weighted by Crippen LogP contribution is -2.56. The number of ether oxygens (including phenoxy) is 4. The second-order valence-electron chi connectivity index (χ2n) is 10.3. The minimum Gasteiger partial charge on any atom is -0.492 e. The molecule has 1 aliphatic carbocycles. The molecule has 1 saturated heterocycles. The van der Waals surface area contributed by atoms with Crippen molar-refractivity contribution >= 4 is 19.9 Å². The zero-order chi connectivity index (χ0) is 25.4. The molecule has 0 saturated carbocycles. The molecule has 8 heteroatoms. The minimum absolute atomic E-state index is 0.0403. The predicted molar refractivity (Wildman–Crippen MR) is 132 cm³/mol. The Labute approximate surface area is 204 Å². The first-order chi connectivity index (χ1) is 16.0. The molecule has 3 aliphatic rings. The third-order valence-corrected chi connectivity index (χ3v) is 13.8. The van der Waals surface area contributed by atoms with Crippen LogP contribution in [-0.2, 0) is 33.0 Å². The van der Waals surface area contributed by atoms with E-state index in [1.807, 2.05) is 0 Å². The minimum atomic E-state index is -2.14. The highest BCUT2D eigenvalue weighted by Gasteiger charge is 2.52. The van der Waals surface area contributed by atoms with Gasteiger partial charge in [0.25, 0.3) is 0 Å². The predicted octanol–water partition coefficient (Wildman–Crippen LogP) is 4.49. The van der Waals surface area contributed by atoms with Crippen molar-refractivity contribution < 1.29 is 33.0 Å². The number of hydrogen-bond donors (Lipinski definition) is 0. The third kappa shape index (κ3) is 4.39. The highest BCUT2D eigenvalue weighted by molar-refractivity contribution is 6.77. The van der Waals surface area contributed by atoms with Crippen LogP contribution in [0.25, 0.3) is 0 Å². The van der Waals surface area contributed by atoms with Gasteiger partial charge in [0.2, 0.25) is 5.78 Å². The van der Waals surface area contributed by atoms with E-state index < -0.39 is 26.8 Å². The summed E-state index contributed by atoms with van der Waals surface area (Å²) in [4.78, 5) is 26.6. The van der Waals surface area contributed by atoms with Crippen molar-refractivity contribution in [2.45, 2.75) is 83.1 Å². The van der Waals surface area contributed by atoms with Crippen molar-refractivity contribution in [1.82, 2.24) is 0 Å². The molecule has 2 heterocycles. The van der Waals surface area contributed by atoms with E-state index in [-0.39, 0.29) is 35.4 Å². The molecule has 1 fully saturated rings. The first-order valence-electron chi connectivity index (χ1n) is 12.2. The number of hydrogen-bond acceptors (Lipinski definition) is 7. The van der Waals surface area contributed by atoms with Crippen LogP contribution in [0, 0.1) is 5.92 Å². The lowest BCUT2D eigenvalue weighted by atomic mass is 9.74. The maximum Gasteiger partial charge on any atom is 0.225 e. The normalized spacial score (nSPS) is 28.1. The number of carbonyl (C=O) groups is 2. The monoisotopic (exact) mass is 492 g/mol. The van der Waals surface area contributed by atoms with E-state index >= 15 is 0 Å². The summed E-state index contributed by atoms with van der Waals surface area (Å²) >= 11 is 0. The zero-order valence-corrected chi connectivity index (χ0v) is 22.8. The summed E-state index contributed by atoms with van der Waals surface area (Å²) in [6, 6.07) is 0. The third-order valence-electron chi connectivity index (χ3n) is 7.74.